The molecule has 0 heterocycles. The molecule has 21 heavy (non-hydrogen) atoms. The molecular formula is C16H21NO4. The first-order valence-corrected chi connectivity index (χ1v) is 7.01. The smallest absolute Gasteiger partial charge is 0.412 e. The molecule has 0 bridgehead atoms. The van der Waals surface area contributed by atoms with E-state index in [0.717, 1.165) is 11.1 Å². The van der Waals surface area contributed by atoms with E-state index < -0.39 is 17.7 Å². The SMILES string of the molecule is Cc1ccc(C2CC2C(=O)O)cc1NC(=O)OC(C)(C)C. The van der Waals surface area contributed by atoms with Crippen LogP contribution in [0.25, 0.3) is 0 Å². The molecular weight excluding hydrogens is 270 g/mol. The Balaban J connectivity index is 2.10. The van der Waals surface area contributed by atoms with Gasteiger partial charge in [0.2, 0.25) is 0 Å². The zero-order chi connectivity index (χ0) is 15.8. The van der Waals surface area contributed by atoms with E-state index in [9.17, 15) is 9.59 Å². The molecule has 1 saturated carbocycles. The molecule has 2 N–H and O–H groups in total. The maximum Gasteiger partial charge on any atom is 0.412 e. The summed E-state index contributed by atoms with van der Waals surface area (Å²) in [5.74, 6) is -1.02. The molecule has 0 aromatic heterocycles. The molecule has 0 spiro atoms. The van der Waals surface area contributed by atoms with E-state index in [-0.39, 0.29) is 11.8 Å². The quantitative estimate of drug-likeness (QED) is 0.893. The van der Waals surface area contributed by atoms with Gasteiger partial charge in [0.15, 0.2) is 0 Å². The average Bonchev–Trinajstić information content (AvgIpc) is 3.09. The van der Waals surface area contributed by atoms with Gasteiger partial charge < -0.3 is 9.84 Å². The van der Waals surface area contributed by atoms with Crippen LogP contribution in [0.15, 0.2) is 18.2 Å². The van der Waals surface area contributed by atoms with Gasteiger partial charge in [0.05, 0.1) is 5.92 Å². The Morgan fingerprint density at radius 2 is 2.00 bits per heavy atom. The van der Waals surface area contributed by atoms with Crippen molar-refractivity contribution >= 4 is 17.7 Å². The fraction of sp³-hybridized carbons (Fsp3) is 0.500. The molecule has 2 unspecified atom stereocenters. The second kappa shape index (κ2) is 5.39. The van der Waals surface area contributed by atoms with Crippen LogP contribution in [0, 0.1) is 12.8 Å². The number of anilines is 1. The number of carboxylic acids is 1. The highest BCUT2D eigenvalue weighted by molar-refractivity contribution is 5.86. The van der Waals surface area contributed by atoms with Crippen LogP contribution in [0.1, 0.15) is 44.2 Å². The molecule has 5 heteroatoms. The maximum atomic E-state index is 11.8. The highest BCUT2D eigenvalue weighted by Gasteiger charge is 2.44. The number of amides is 1. The first-order valence-electron chi connectivity index (χ1n) is 7.01. The van der Waals surface area contributed by atoms with Gasteiger partial charge in [-0.3, -0.25) is 10.1 Å². The molecule has 0 radical (unpaired) electrons. The van der Waals surface area contributed by atoms with E-state index in [1.165, 1.54) is 0 Å². The molecule has 1 fully saturated rings. The lowest BCUT2D eigenvalue weighted by Gasteiger charge is -2.20. The number of aliphatic carboxylic acids is 1. The van der Waals surface area contributed by atoms with Gasteiger partial charge in [0, 0.05) is 5.69 Å². The average molecular weight is 291 g/mol. The first-order chi connectivity index (χ1) is 9.67. The van der Waals surface area contributed by atoms with Gasteiger partial charge in [-0.25, -0.2) is 4.79 Å². The number of nitrogens with one attached hydrogen (secondary N) is 1. The minimum Gasteiger partial charge on any atom is -0.481 e. The molecule has 1 amide bonds. The third kappa shape index (κ3) is 3.97. The first kappa shape index (κ1) is 15.4. The van der Waals surface area contributed by atoms with Crippen LogP contribution in [0.3, 0.4) is 0 Å². The van der Waals surface area contributed by atoms with Gasteiger partial charge in [0.1, 0.15) is 5.60 Å². The Morgan fingerprint density at radius 3 is 2.52 bits per heavy atom. The van der Waals surface area contributed by atoms with Crippen molar-refractivity contribution in [3.63, 3.8) is 0 Å². The Morgan fingerprint density at radius 1 is 1.33 bits per heavy atom. The summed E-state index contributed by atoms with van der Waals surface area (Å²) < 4.78 is 5.23. The van der Waals surface area contributed by atoms with Gasteiger partial charge in [-0.1, -0.05) is 12.1 Å². The van der Waals surface area contributed by atoms with Crippen LogP contribution in [-0.4, -0.2) is 22.8 Å². The van der Waals surface area contributed by atoms with E-state index in [4.69, 9.17) is 9.84 Å². The minimum absolute atomic E-state index is 0.0438. The predicted molar refractivity (Wildman–Crippen MR) is 79.5 cm³/mol. The van der Waals surface area contributed by atoms with Crippen molar-refractivity contribution in [1.29, 1.82) is 0 Å². The van der Waals surface area contributed by atoms with Gasteiger partial charge >= 0.3 is 12.1 Å². The largest absolute Gasteiger partial charge is 0.481 e. The van der Waals surface area contributed by atoms with Crippen molar-refractivity contribution in [2.24, 2.45) is 5.92 Å². The fourth-order valence-corrected chi connectivity index (χ4v) is 2.25. The van der Waals surface area contributed by atoms with Crippen molar-refractivity contribution in [2.45, 2.75) is 45.6 Å². The summed E-state index contributed by atoms with van der Waals surface area (Å²) in [7, 11) is 0. The van der Waals surface area contributed by atoms with E-state index in [2.05, 4.69) is 5.32 Å². The Hall–Kier alpha value is -2.04. The molecule has 2 rings (SSSR count). The number of rotatable bonds is 3. The number of hydrogen-bond acceptors (Lipinski definition) is 3. The van der Waals surface area contributed by atoms with Gasteiger partial charge in [-0.2, -0.15) is 0 Å². The topological polar surface area (TPSA) is 75.6 Å². The summed E-state index contributed by atoms with van der Waals surface area (Å²) in [4.78, 5) is 22.8. The number of carboxylic acid groups (broad SMARTS) is 1. The van der Waals surface area contributed by atoms with Crippen LogP contribution in [0.5, 0.6) is 0 Å². The predicted octanol–water partition coefficient (Wildman–Crippen LogP) is 3.53. The van der Waals surface area contributed by atoms with E-state index in [1.54, 1.807) is 20.8 Å². The molecule has 1 aliphatic rings. The van der Waals surface area contributed by atoms with Gasteiger partial charge in [-0.05, 0) is 57.2 Å². The number of aryl methyl sites for hydroxylation is 1. The highest BCUT2D eigenvalue weighted by atomic mass is 16.6. The summed E-state index contributed by atoms with van der Waals surface area (Å²) in [6.07, 6.45) is 0.151. The standard InChI is InChI=1S/C16H21NO4/c1-9-5-6-10(11-8-12(11)14(18)19)7-13(9)17-15(20)21-16(2,3)4/h5-7,11-12H,8H2,1-4H3,(H,17,20)(H,18,19). The number of ether oxygens (including phenoxy) is 1. The summed E-state index contributed by atoms with van der Waals surface area (Å²) >= 11 is 0. The molecule has 1 aromatic rings. The lowest BCUT2D eigenvalue weighted by Crippen LogP contribution is -2.27. The molecule has 5 nitrogen and oxygen atoms in total. The Labute approximate surface area is 124 Å². The number of benzene rings is 1. The monoisotopic (exact) mass is 291 g/mol. The zero-order valence-electron chi connectivity index (χ0n) is 12.8. The van der Waals surface area contributed by atoms with E-state index >= 15 is 0 Å². The van der Waals surface area contributed by atoms with Crippen LogP contribution in [-0.2, 0) is 9.53 Å². The molecule has 0 saturated heterocycles. The zero-order valence-corrected chi connectivity index (χ0v) is 12.8. The van der Waals surface area contributed by atoms with Crippen LogP contribution in [0.2, 0.25) is 0 Å². The molecule has 1 aromatic carbocycles. The Kier molecular flexibility index (Phi) is 3.94. The second-order valence-corrected chi connectivity index (χ2v) is 6.49. The molecule has 1 aliphatic carbocycles. The van der Waals surface area contributed by atoms with Crippen molar-refractivity contribution < 1.29 is 19.4 Å². The summed E-state index contributed by atoms with van der Waals surface area (Å²) in [6, 6.07) is 5.65. The number of carbonyl (C=O) groups excluding carboxylic acids is 1. The van der Waals surface area contributed by atoms with E-state index in [1.807, 2.05) is 25.1 Å². The van der Waals surface area contributed by atoms with Crippen LogP contribution in [0.4, 0.5) is 10.5 Å². The van der Waals surface area contributed by atoms with Crippen LogP contribution < -0.4 is 5.32 Å². The highest BCUT2D eigenvalue weighted by Crippen LogP contribution is 2.48. The normalized spacial score (nSPS) is 20.8. The lowest BCUT2D eigenvalue weighted by molar-refractivity contribution is -0.138. The number of hydrogen-bond donors (Lipinski definition) is 2. The second-order valence-electron chi connectivity index (χ2n) is 6.49. The van der Waals surface area contributed by atoms with E-state index in [0.29, 0.717) is 12.1 Å². The summed E-state index contributed by atoms with van der Waals surface area (Å²) in [6.45, 7) is 7.30. The minimum atomic E-state index is -0.762. The number of carbonyl (C=O) groups is 2. The molecule has 0 aliphatic heterocycles. The maximum absolute atomic E-state index is 11.8. The van der Waals surface area contributed by atoms with Crippen molar-refractivity contribution in [2.75, 3.05) is 5.32 Å². The third-order valence-electron chi connectivity index (χ3n) is 3.43. The molecule has 114 valence electrons. The van der Waals surface area contributed by atoms with Gasteiger partial charge in [-0.15, -0.1) is 0 Å². The summed E-state index contributed by atoms with van der Waals surface area (Å²) in [5, 5.41) is 11.7. The Bertz CT molecular complexity index is 574. The van der Waals surface area contributed by atoms with Gasteiger partial charge in [0.25, 0.3) is 0 Å². The lowest BCUT2D eigenvalue weighted by atomic mass is 10.1. The molecule has 2 atom stereocenters. The fourth-order valence-electron chi connectivity index (χ4n) is 2.25. The van der Waals surface area contributed by atoms with Crippen molar-refractivity contribution in [3.8, 4) is 0 Å². The summed E-state index contributed by atoms with van der Waals surface area (Å²) in [5.41, 5.74) is 1.97. The van der Waals surface area contributed by atoms with Crippen molar-refractivity contribution in [1.82, 2.24) is 0 Å². The van der Waals surface area contributed by atoms with Crippen LogP contribution >= 0.6 is 0 Å². The van der Waals surface area contributed by atoms with Crippen molar-refractivity contribution in [3.05, 3.63) is 29.3 Å². The third-order valence-corrected chi connectivity index (χ3v) is 3.43.